The molecule has 0 aliphatic heterocycles. The molecule has 2 aromatic rings. The Bertz CT molecular complexity index is 635. The van der Waals surface area contributed by atoms with E-state index in [2.05, 4.69) is 35.8 Å². The molecule has 2 rings (SSSR count). The Kier molecular flexibility index (Phi) is 4.50. The lowest BCUT2D eigenvalue weighted by molar-refractivity contribution is 0.416. The zero-order valence-corrected chi connectivity index (χ0v) is 13.9. The van der Waals surface area contributed by atoms with E-state index in [0.717, 1.165) is 33.9 Å². The van der Waals surface area contributed by atoms with E-state index in [1.54, 1.807) is 7.11 Å². The number of imidazole rings is 1. The third-order valence-electron chi connectivity index (χ3n) is 3.56. The number of ether oxygens (including phenoxy) is 1. The first-order chi connectivity index (χ1) is 9.49. The first-order valence-electron chi connectivity index (χ1n) is 6.56. The summed E-state index contributed by atoms with van der Waals surface area (Å²) in [6.45, 7) is 4.76. The number of halogens is 1. The summed E-state index contributed by atoms with van der Waals surface area (Å²) in [5.41, 5.74) is 9.96. The third-order valence-corrected chi connectivity index (χ3v) is 4.46. The van der Waals surface area contributed by atoms with Crippen molar-refractivity contribution in [3.8, 4) is 17.0 Å². The number of aryl methyl sites for hydroxylation is 2. The minimum Gasteiger partial charge on any atom is -0.496 e. The molecule has 0 spiro atoms. The predicted molar refractivity (Wildman–Crippen MR) is 85.1 cm³/mol. The molecular weight excluding hydrogens is 318 g/mol. The van der Waals surface area contributed by atoms with Gasteiger partial charge in [-0.1, -0.05) is 0 Å². The van der Waals surface area contributed by atoms with E-state index in [1.807, 2.05) is 17.7 Å². The molecule has 0 atom stereocenters. The number of hydrogen-bond donors (Lipinski definition) is 1. The number of methoxy groups -OCH3 is 1. The lowest BCUT2D eigenvalue weighted by atomic mass is 10.0. The highest BCUT2D eigenvalue weighted by molar-refractivity contribution is 9.10. The van der Waals surface area contributed by atoms with Crippen LogP contribution in [0.1, 0.15) is 17.0 Å². The van der Waals surface area contributed by atoms with Crippen LogP contribution in [0.3, 0.4) is 0 Å². The van der Waals surface area contributed by atoms with Gasteiger partial charge in [0.2, 0.25) is 0 Å². The van der Waals surface area contributed by atoms with Gasteiger partial charge < -0.3 is 15.0 Å². The van der Waals surface area contributed by atoms with Crippen LogP contribution in [0.4, 0.5) is 0 Å². The number of nitrogens with zero attached hydrogens (tertiary/aromatic N) is 2. The smallest absolute Gasteiger partial charge is 0.128 e. The van der Waals surface area contributed by atoms with Gasteiger partial charge in [0.25, 0.3) is 0 Å². The Labute approximate surface area is 128 Å². The van der Waals surface area contributed by atoms with Gasteiger partial charge in [0.05, 0.1) is 7.11 Å². The predicted octanol–water partition coefficient (Wildman–Crippen LogP) is 2.98. The first kappa shape index (κ1) is 15.1. The van der Waals surface area contributed by atoms with Crippen LogP contribution >= 0.6 is 15.9 Å². The van der Waals surface area contributed by atoms with Crippen LogP contribution in [0.5, 0.6) is 5.75 Å². The summed E-state index contributed by atoms with van der Waals surface area (Å²) in [5, 5.41) is 0. The summed E-state index contributed by atoms with van der Waals surface area (Å²) in [6.07, 6.45) is 0.752. The van der Waals surface area contributed by atoms with Gasteiger partial charge in [-0.3, -0.25) is 0 Å². The fourth-order valence-corrected chi connectivity index (χ4v) is 2.70. The van der Waals surface area contributed by atoms with Gasteiger partial charge in [-0.15, -0.1) is 0 Å². The van der Waals surface area contributed by atoms with E-state index in [0.29, 0.717) is 6.54 Å². The van der Waals surface area contributed by atoms with Gasteiger partial charge >= 0.3 is 0 Å². The highest BCUT2D eigenvalue weighted by Crippen LogP contribution is 2.36. The van der Waals surface area contributed by atoms with Gasteiger partial charge in [0.15, 0.2) is 0 Å². The van der Waals surface area contributed by atoms with Crippen LogP contribution in [0.25, 0.3) is 11.3 Å². The molecule has 1 aromatic carbocycles. The number of hydrogen-bond acceptors (Lipinski definition) is 3. The molecule has 0 unspecified atom stereocenters. The lowest BCUT2D eigenvalue weighted by Gasteiger charge is -2.10. The number of aromatic nitrogens is 2. The van der Waals surface area contributed by atoms with Gasteiger partial charge in [0.1, 0.15) is 21.9 Å². The van der Waals surface area contributed by atoms with Crippen molar-refractivity contribution in [1.82, 2.24) is 9.55 Å². The van der Waals surface area contributed by atoms with Crippen molar-refractivity contribution < 1.29 is 4.74 Å². The Morgan fingerprint density at radius 1 is 1.30 bits per heavy atom. The maximum atomic E-state index is 5.63. The maximum Gasteiger partial charge on any atom is 0.128 e. The molecule has 0 aliphatic carbocycles. The SMILES string of the molecule is COc1cc(C)c(C)cc1-c1nc(CCN)n(C)c1Br. The first-order valence-corrected chi connectivity index (χ1v) is 7.35. The number of benzene rings is 1. The highest BCUT2D eigenvalue weighted by atomic mass is 79.9. The molecule has 0 radical (unpaired) electrons. The molecular formula is C15H20BrN3O. The Hall–Kier alpha value is -1.33. The lowest BCUT2D eigenvalue weighted by Crippen LogP contribution is -2.07. The van der Waals surface area contributed by atoms with Crippen LogP contribution in [0.15, 0.2) is 16.7 Å². The Morgan fingerprint density at radius 2 is 1.95 bits per heavy atom. The van der Waals surface area contributed by atoms with Crippen LogP contribution in [-0.4, -0.2) is 23.2 Å². The van der Waals surface area contributed by atoms with Crippen molar-refractivity contribution in [2.45, 2.75) is 20.3 Å². The van der Waals surface area contributed by atoms with Crippen molar-refractivity contribution in [3.63, 3.8) is 0 Å². The van der Waals surface area contributed by atoms with E-state index >= 15 is 0 Å². The standard InChI is InChI=1S/C15H20BrN3O/c1-9-7-11(12(20-4)8-10(9)2)14-15(16)19(3)13(18-14)5-6-17/h7-8H,5-6,17H2,1-4H3. The quantitative estimate of drug-likeness (QED) is 0.932. The molecule has 20 heavy (non-hydrogen) atoms. The summed E-state index contributed by atoms with van der Waals surface area (Å²) in [6, 6.07) is 4.17. The van der Waals surface area contributed by atoms with Crippen molar-refractivity contribution >= 4 is 15.9 Å². The average Bonchev–Trinajstić information content (AvgIpc) is 2.70. The molecule has 1 heterocycles. The molecule has 2 N–H and O–H groups in total. The monoisotopic (exact) mass is 337 g/mol. The molecule has 0 saturated carbocycles. The van der Waals surface area contributed by atoms with E-state index < -0.39 is 0 Å². The second-order valence-corrected chi connectivity index (χ2v) is 5.65. The molecule has 1 aromatic heterocycles. The van der Waals surface area contributed by atoms with Crippen LogP contribution in [0.2, 0.25) is 0 Å². The zero-order valence-electron chi connectivity index (χ0n) is 12.3. The topological polar surface area (TPSA) is 53.1 Å². The summed E-state index contributed by atoms with van der Waals surface area (Å²) in [7, 11) is 3.67. The molecule has 0 amide bonds. The normalized spacial score (nSPS) is 10.9. The Morgan fingerprint density at radius 3 is 2.55 bits per heavy atom. The van der Waals surface area contributed by atoms with Crippen LogP contribution in [-0.2, 0) is 13.5 Å². The number of rotatable bonds is 4. The molecule has 0 aliphatic rings. The third kappa shape index (κ3) is 2.60. The molecule has 5 heteroatoms. The second kappa shape index (κ2) is 5.97. The van der Waals surface area contributed by atoms with Gasteiger partial charge in [0, 0.05) is 19.0 Å². The van der Waals surface area contributed by atoms with Gasteiger partial charge in [-0.2, -0.15) is 0 Å². The highest BCUT2D eigenvalue weighted by Gasteiger charge is 2.18. The molecule has 0 saturated heterocycles. The van der Waals surface area contributed by atoms with Crippen molar-refractivity contribution in [3.05, 3.63) is 33.7 Å². The average molecular weight is 338 g/mol. The van der Waals surface area contributed by atoms with Crippen molar-refractivity contribution in [2.75, 3.05) is 13.7 Å². The van der Waals surface area contributed by atoms with E-state index in [9.17, 15) is 0 Å². The van der Waals surface area contributed by atoms with Crippen LogP contribution in [0, 0.1) is 13.8 Å². The molecule has 0 bridgehead atoms. The summed E-state index contributed by atoms with van der Waals surface area (Å²) < 4.78 is 8.48. The van der Waals surface area contributed by atoms with Crippen LogP contribution < -0.4 is 10.5 Å². The maximum absolute atomic E-state index is 5.63. The van der Waals surface area contributed by atoms with Gasteiger partial charge in [-0.05, 0) is 59.6 Å². The minimum atomic E-state index is 0.584. The Balaban J connectivity index is 2.62. The summed E-state index contributed by atoms with van der Waals surface area (Å²) in [4.78, 5) is 4.70. The molecule has 108 valence electrons. The van der Waals surface area contributed by atoms with Crippen molar-refractivity contribution in [1.29, 1.82) is 0 Å². The number of nitrogens with two attached hydrogens (primary N) is 1. The largest absolute Gasteiger partial charge is 0.496 e. The summed E-state index contributed by atoms with van der Waals surface area (Å²) >= 11 is 3.62. The van der Waals surface area contributed by atoms with Crippen molar-refractivity contribution in [2.24, 2.45) is 12.8 Å². The van der Waals surface area contributed by atoms with E-state index in [-0.39, 0.29) is 0 Å². The summed E-state index contributed by atoms with van der Waals surface area (Å²) in [5.74, 6) is 1.81. The minimum absolute atomic E-state index is 0.584. The zero-order chi connectivity index (χ0) is 14.9. The fraction of sp³-hybridized carbons (Fsp3) is 0.400. The molecule has 0 fully saturated rings. The second-order valence-electron chi connectivity index (χ2n) is 4.90. The van der Waals surface area contributed by atoms with E-state index in [4.69, 9.17) is 15.5 Å². The van der Waals surface area contributed by atoms with Gasteiger partial charge in [-0.25, -0.2) is 4.98 Å². The molecule has 4 nitrogen and oxygen atoms in total. The fourth-order valence-electron chi connectivity index (χ4n) is 2.19. The van der Waals surface area contributed by atoms with E-state index in [1.165, 1.54) is 11.1 Å².